The molecule has 1 aromatic heterocycles. The first kappa shape index (κ1) is 21.2. The largest absolute Gasteiger partial charge is 0.496 e. The first-order chi connectivity index (χ1) is 15.0. The van der Waals surface area contributed by atoms with Gasteiger partial charge in [-0.05, 0) is 42.8 Å². The molecule has 158 valence electrons. The highest BCUT2D eigenvalue weighted by Gasteiger charge is 2.21. The van der Waals surface area contributed by atoms with Gasteiger partial charge in [-0.25, -0.2) is 23.1 Å². The Bertz CT molecular complexity index is 1230. The molecule has 0 aliphatic heterocycles. The van der Waals surface area contributed by atoms with Gasteiger partial charge in [0.1, 0.15) is 17.4 Å². The average Bonchev–Trinajstić information content (AvgIpc) is 2.77. The van der Waals surface area contributed by atoms with Crippen LogP contribution in [0.5, 0.6) is 5.75 Å². The lowest BCUT2D eigenvalue weighted by molar-refractivity contribution is 0.146. The van der Waals surface area contributed by atoms with Gasteiger partial charge in [-0.2, -0.15) is 0 Å². The number of methoxy groups -OCH3 is 1. The normalized spacial score (nSPS) is 11.3. The van der Waals surface area contributed by atoms with E-state index >= 15 is 0 Å². The third-order valence-corrected chi connectivity index (χ3v) is 5.90. The number of hydrogen-bond donors (Lipinski definition) is 0. The van der Waals surface area contributed by atoms with Crippen molar-refractivity contribution in [2.45, 2.75) is 24.0 Å². The van der Waals surface area contributed by atoms with Crippen molar-refractivity contribution < 1.29 is 17.9 Å². The Labute approximate surface area is 182 Å². The van der Waals surface area contributed by atoms with Crippen LogP contribution in [0.15, 0.2) is 65.6 Å². The molecule has 0 unspecified atom stereocenters. The van der Waals surface area contributed by atoms with Crippen molar-refractivity contribution in [3.8, 4) is 17.0 Å². The number of nitrogens with zero attached hydrogens (tertiary/aromatic N) is 2. The van der Waals surface area contributed by atoms with Crippen LogP contribution in [0.4, 0.5) is 13.2 Å². The molecule has 0 N–H and O–H groups in total. The van der Waals surface area contributed by atoms with Crippen LogP contribution in [0, 0.1) is 12.7 Å². The highest BCUT2D eigenvalue weighted by Crippen LogP contribution is 2.38. The molecule has 1 heterocycles. The third-order valence-electron chi connectivity index (χ3n) is 4.84. The highest BCUT2D eigenvalue weighted by atomic mass is 32.2. The minimum Gasteiger partial charge on any atom is -0.496 e. The number of rotatable bonds is 6. The molecule has 4 aromatic rings. The summed E-state index contributed by atoms with van der Waals surface area (Å²) in [5.41, 5.74) is 1.96. The minimum absolute atomic E-state index is 0.138. The van der Waals surface area contributed by atoms with E-state index in [1.54, 1.807) is 18.7 Å². The molecule has 0 amide bonds. The predicted octanol–water partition coefficient (Wildman–Crippen LogP) is 6.98. The van der Waals surface area contributed by atoms with Gasteiger partial charge in [-0.1, -0.05) is 30.3 Å². The molecule has 0 saturated heterocycles. The molecule has 3 aromatic carbocycles. The number of thioether (sulfide) groups is 1. The van der Waals surface area contributed by atoms with Gasteiger partial charge in [0.15, 0.2) is 0 Å². The second-order valence-electron chi connectivity index (χ2n) is 6.95. The monoisotopic (exact) mass is 440 g/mol. The maximum absolute atomic E-state index is 14.3. The summed E-state index contributed by atoms with van der Waals surface area (Å²) in [7, 11) is 1.36. The predicted molar refractivity (Wildman–Crippen MR) is 117 cm³/mol. The SMILES string of the molecule is COc1cc(C(F)F)c(F)cc1-c1nc(C)nc2cc(SCc3ccccc3)ccc12. The number of benzene rings is 3. The first-order valence-corrected chi connectivity index (χ1v) is 10.6. The van der Waals surface area contributed by atoms with Crippen LogP contribution in [-0.4, -0.2) is 17.1 Å². The fraction of sp³-hybridized carbons (Fsp3) is 0.167. The van der Waals surface area contributed by atoms with E-state index in [2.05, 4.69) is 22.1 Å². The minimum atomic E-state index is -2.93. The van der Waals surface area contributed by atoms with Crippen molar-refractivity contribution in [3.05, 3.63) is 83.4 Å². The average molecular weight is 440 g/mol. The summed E-state index contributed by atoms with van der Waals surface area (Å²) in [6.45, 7) is 1.74. The number of aryl methyl sites for hydroxylation is 1. The molecule has 7 heteroatoms. The summed E-state index contributed by atoms with van der Waals surface area (Å²) in [5, 5.41) is 0.692. The van der Waals surface area contributed by atoms with E-state index in [0.29, 0.717) is 28.0 Å². The quantitative estimate of drug-likeness (QED) is 0.303. The maximum atomic E-state index is 14.3. The number of alkyl halides is 2. The Balaban J connectivity index is 1.76. The van der Waals surface area contributed by atoms with Crippen LogP contribution in [0.1, 0.15) is 23.4 Å². The van der Waals surface area contributed by atoms with Crippen LogP contribution in [-0.2, 0) is 5.75 Å². The number of halogens is 3. The smallest absolute Gasteiger partial charge is 0.266 e. The molecule has 31 heavy (non-hydrogen) atoms. The van der Waals surface area contributed by atoms with E-state index in [4.69, 9.17) is 4.74 Å². The zero-order valence-electron chi connectivity index (χ0n) is 16.9. The number of aromatic nitrogens is 2. The zero-order chi connectivity index (χ0) is 22.0. The van der Waals surface area contributed by atoms with Crippen LogP contribution < -0.4 is 4.74 Å². The fourth-order valence-corrected chi connectivity index (χ4v) is 4.24. The molecule has 0 fully saturated rings. The Hall–Kier alpha value is -3.06. The molecular weight excluding hydrogens is 421 g/mol. The maximum Gasteiger partial charge on any atom is 0.266 e. The summed E-state index contributed by atoms with van der Waals surface area (Å²) in [6, 6.07) is 18.0. The molecule has 0 atom stereocenters. The van der Waals surface area contributed by atoms with Gasteiger partial charge in [-0.15, -0.1) is 11.8 Å². The number of fused-ring (bicyclic) bond motifs is 1. The first-order valence-electron chi connectivity index (χ1n) is 9.57. The van der Waals surface area contributed by atoms with E-state index in [9.17, 15) is 13.2 Å². The van der Waals surface area contributed by atoms with Crippen LogP contribution >= 0.6 is 11.8 Å². The van der Waals surface area contributed by atoms with Gasteiger partial charge in [0.25, 0.3) is 6.43 Å². The van der Waals surface area contributed by atoms with Crippen molar-refractivity contribution in [1.82, 2.24) is 9.97 Å². The molecule has 0 saturated carbocycles. The van der Waals surface area contributed by atoms with Gasteiger partial charge in [0.05, 0.1) is 23.9 Å². The molecule has 4 rings (SSSR count). The Morgan fingerprint density at radius 1 is 1.00 bits per heavy atom. The summed E-state index contributed by atoms with van der Waals surface area (Å²) >= 11 is 1.68. The van der Waals surface area contributed by atoms with E-state index in [1.807, 2.05) is 36.4 Å². The van der Waals surface area contributed by atoms with Gasteiger partial charge in [0, 0.05) is 21.6 Å². The lowest BCUT2D eigenvalue weighted by Crippen LogP contribution is -2.00. The topological polar surface area (TPSA) is 35.0 Å². The van der Waals surface area contributed by atoms with E-state index in [1.165, 1.54) is 12.7 Å². The van der Waals surface area contributed by atoms with Crippen molar-refractivity contribution in [2.75, 3.05) is 7.11 Å². The van der Waals surface area contributed by atoms with Gasteiger partial charge in [-0.3, -0.25) is 0 Å². The molecule has 0 bridgehead atoms. The second kappa shape index (κ2) is 8.98. The van der Waals surface area contributed by atoms with Crippen molar-refractivity contribution in [3.63, 3.8) is 0 Å². The summed E-state index contributed by atoms with van der Waals surface area (Å²) in [5.74, 6) is 0.453. The summed E-state index contributed by atoms with van der Waals surface area (Å²) < 4.78 is 45.9. The summed E-state index contributed by atoms with van der Waals surface area (Å²) in [6.07, 6.45) is -2.93. The lowest BCUT2D eigenvalue weighted by atomic mass is 10.0. The zero-order valence-corrected chi connectivity index (χ0v) is 17.7. The molecule has 0 spiro atoms. The molecule has 0 radical (unpaired) electrons. The standard InChI is InChI=1S/C24H19F3N2OS/c1-14-28-21-10-16(31-13-15-6-4-3-5-7-15)8-9-17(21)23(29-14)19-11-20(25)18(24(26)27)12-22(19)30-2/h3-12,24H,13H2,1-2H3. The fourth-order valence-electron chi connectivity index (χ4n) is 3.35. The Morgan fingerprint density at radius 2 is 1.77 bits per heavy atom. The molecule has 3 nitrogen and oxygen atoms in total. The van der Waals surface area contributed by atoms with Crippen LogP contribution in [0.2, 0.25) is 0 Å². The Morgan fingerprint density at radius 3 is 2.48 bits per heavy atom. The van der Waals surface area contributed by atoms with E-state index < -0.39 is 17.8 Å². The van der Waals surface area contributed by atoms with Crippen LogP contribution in [0.25, 0.3) is 22.2 Å². The van der Waals surface area contributed by atoms with Crippen molar-refractivity contribution >= 4 is 22.7 Å². The van der Waals surface area contributed by atoms with Crippen molar-refractivity contribution in [2.24, 2.45) is 0 Å². The van der Waals surface area contributed by atoms with Gasteiger partial charge in [0.2, 0.25) is 0 Å². The lowest BCUT2D eigenvalue weighted by Gasteiger charge is -2.14. The Kier molecular flexibility index (Phi) is 6.13. The van der Waals surface area contributed by atoms with Gasteiger partial charge < -0.3 is 4.74 Å². The summed E-state index contributed by atoms with van der Waals surface area (Å²) in [4.78, 5) is 10.0. The number of hydrogen-bond acceptors (Lipinski definition) is 4. The number of ether oxygens (including phenoxy) is 1. The third kappa shape index (κ3) is 4.51. The second-order valence-corrected chi connectivity index (χ2v) is 8.00. The van der Waals surface area contributed by atoms with Gasteiger partial charge >= 0.3 is 0 Å². The molecular formula is C24H19F3N2OS. The van der Waals surface area contributed by atoms with E-state index in [0.717, 1.165) is 22.8 Å². The van der Waals surface area contributed by atoms with Crippen molar-refractivity contribution in [1.29, 1.82) is 0 Å². The van der Waals surface area contributed by atoms with Crippen LogP contribution in [0.3, 0.4) is 0 Å². The molecule has 0 aliphatic rings. The van der Waals surface area contributed by atoms with E-state index in [-0.39, 0.29) is 5.75 Å². The molecule has 0 aliphatic carbocycles. The highest BCUT2D eigenvalue weighted by molar-refractivity contribution is 7.98.